The summed E-state index contributed by atoms with van der Waals surface area (Å²) in [7, 11) is -2.28. The van der Waals surface area contributed by atoms with Gasteiger partial charge in [0.05, 0.1) is 22.2 Å². The van der Waals surface area contributed by atoms with Crippen LogP contribution in [-0.4, -0.2) is 35.3 Å². The van der Waals surface area contributed by atoms with Crippen molar-refractivity contribution < 1.29 is 13.2 Å². The van der Waals surface area contributed by atoms with Crippen molar-refractivity contribution in [3.8, 4) is 5.75 Å². The van der Waals surface area contributed by atoms with Gasteiger partial charge < -0.3 is 10.1 Å². The van der Waals surface area contributed by atoms with E-state index in [0.29, 0.717) is 12.4 Å². The Morgan fingerprint density at radius 1 is 1.09 bits per heavy atom. The summed E-state index contributed by atoms with van der Waals surface area (Å²) in [5.41, 5.74) is 3.85. The van der Waals surface area contributed by atoms with Crippen molar-refractivity contribution in [2.45, 2.75) is 30.3 Å². The fourth-order valence-corrected chi connectivity index (χ4v) is 5.73. The number of aromatic nitrogens is 4. The summed E-state index contributed by atoms with van der Waals surface area (Å²) in [4.78, 5) is 4.82. The lowest BCUT2D eigenvalue weighted by Gasteiger charge is -2.09. The van der Waals surface area contributed by atoms with Crippen LogP contribution in [0.25, 0.3) is 15.9 Å². The first-order valence-electron chi connectivity index (χ1n) is 10.2. The number of sulfone groups is 1. The molecule has 8 nitrogen and oxygen atoms in total. The van der Waals surface area contributed by atoms with Gasteiger partial charge in [0.25, 0.3) is 0 Å². The van der Waals surface area contributed by atoms with Crippen molar-refractivity contribution in [2.24, 2.45) is 0 Å². The van der Waals surface area contributed by atoms with E-state index >= 15 is 0 Å². The smallest absolute Gasteiger partial charge is 0.229 e. The Kier molecular flexibility index (Phi) is 5.26. The number of fused-ring (bicyclic) bond motifs is 3. The first-order valence-corrected chi connectivity index (χ1v) is 12.6. The number of nitrogens with one attached hydrogen (secondary N) is 1. The van der Waals surface area contributed by atoms with Gasteiger partial charge in [-0.15, -0.1) is 16.4 Å². The van der Waals surface area contributed by atoms with Crippen LogP contribution in [0.5, 0.6) is 5.75 Å². The van der Waals surface area contributed by atoms with Crippen molar-refractivity contribution in [3.63, 3.8) is 0 Å². The Hall–Kier alpha value is -3.50. The summed E-state index contributed by atoms with van der Waals surface area (Å²) >= 11 is 1.50. The zero-order valence-corrected chi connectivity index (χ0v) is 19.9. The zero-order valence-electron chi connectivity index (χ0n) is 18.2. The maximum Gasteiger partial charge on any atom is 0.229 e. The van der Waals surface area contributed by atoms with Crippen LogP contribution in [0.15, 0.2) is 63.8 Å². The van der Waals surface area contributed by atoms with Gasteiger partial charge in [-0.05, 0) is 66.2 Å². The van der Waals surface area contributed by atoms with Crippen molar-refractivity contribution in [1.29, 1.82) is 0 Å². The molecule has 0 saturated carbocycles. The highest BCUT2D eigenvalue weighted by molar-refractivity contribution is 7.91. The number of nitrogens with zero attached hydrogens (tertiary/aromatic N) is 4. The lowest BCUT2D eigenvalue weighted by molar-refractivity contribution is 0.414. The van der Waals surface area contributed by atoms with Gasteiger partial charge in [-0.2, -0.15) is 4.52 Å². The van der Waals surface area contributed by atoms with Crippen LogP contribution in [0.4, 0.5) is 5.82 Å². The molecule has 5 rings (SSSR count). The van der Waals surface area contributed by atoms with Crippen molar-refractivity contribution >= 4 is 42.9 Å². The summed E-state index contributed by atoms with van der Waals surface area (Å²) in [6.07, 6.45) is 0. The Morgan fingerprint density at radius 3 is 2.73 bits per heavy atom. The fraction of sp³-hybridized carbons (Fsp3) is 0.174. The normalized spacial score (nSPS) is 11.8. The summed E-state index contributed by atoms with van der Waals surface area (Å²) in [5, 5.41) is 13.2. The van der Waals surface area contributed by atoms with Gasteiger partial charge in [0.2, 0.25) is 14.9 Å². The first kappa shape index (κ1) is 21.4. The van der Waals surface area contributed by atoms with Crippen LogP contribution in [0.3, 0.4) is 0 Å². The van der Waals surface area contributed by atoms with Crippen molar-refractivity contribution in [1.82, 2.24) is 19.8 Å². The molecule has 0 atom stereocenters. The molecule has 2 aromatic carbocycles. The van der Waals surface area contributed by atoms with Gasteiger partial charge in [0, 0.05) is 6.54 Å². The number of hydrogen-bond acceptors (Lipinski definition) is 8. The predicted molar refractivity (Wildman–Crippen MR) is 128 cm³/mol. The van der Waals surface area contributed by atoms with E-state index < -0.39 is 9.84 Å². The lowest BCUT2D eigenvalue weighted by Crippen LogP contribution is -2.07. The highest BCUT2D eigenvalue weighted by Crippen LogP contribution is 2.31. The molecule has 168 valence electrons. The minimum atomic E-state index is -3.90. The second kappa shape index (κ2) is 8.13. The molecule has 33 heavy (non-hydrogen) atoms. The van der Waals surface area contributed by atoms with E-state index in [4.69, 9.17) is 4.74 Å². The van der Waals surface area contributed by atoms with Gasteiger partial charge in [-0.1, -0.05) is 23.4 Å². The molecular weight excluding hydrogens is 458 g/mol. The molecule has 3 aromatic heterocycles. The number of aryl methyl sites for hydroxylation is 2. The molecular formula is C23H21N5O3S2. The highest BCUT2D eigenvalue weighted by Gasteiger charge is 2.27. The number of anilines is 1. The van der Waals surface area contributed by atoms with Crippen LogP contribution in [-0.2, 0) is 16.4 Å². The molecule has 0 saturated heterocycles. The molecule has 0 aliphatic heterocycles. The van der Waals surface area contributed by atoms with Gasteiger partial charge >= 0.3 is 0 Å². The molecule has 0 spiro atoms. The zero-order chi connectivity index (χ0) is 23.2. The molecule has 0 aliphatic rings. The fourth-order valence-electron chi connectivity index (χ4n) is 3.58. The molecule has 3 heterocycles. The van der Waals surface area contributed by atoms with Crippen molar-refractivity contribution in [2.75, 3.05) is 12.4 Å². The molecule has 0 fully saturated rings. The number of hydrogen-bond donors (Lipinski definition) is 1. The Bertz CT molecular complexity index is 1610. The molecule has 0 amide bonds. The van der Waals surface area contributed by atoms with Crippen LogP contribution in [0.2, 0.25) is 0 Å². The number of rotatable bonds is 6. The van der Waals surface area contributed by atoms with E-state index in [-0.39, 0.29) is 15.6 Å². The van der Waals surface area contributed by atoms with Gasteiger partial charge in [-0.25, -0.2) is 13.4 Å². The third-order valence-electron chi connectivity index (χ3n) is 5.56. The Balaban J connectivity index is 1.60. The van der Waals surface area contributed by atoms with E-state index in [1.165, 1.54) is 15.9 Å². The highest BCUT2D eigenvalue weighted by atomic mass is 32.2. The summed E-state index contributed by atoms with van der Waals surface area (Å²) in [6.45, 7) is 4.31. The van der Waals surface area contributed by atoms with Crippen LogP contribution in [0, 0.1) is 13.8 Å². The summed E-state index contributed by atoms with van der Waals surface area (Å²) in [6, 6.07) is 14.6. The second-order valence-corrected chi connectivity index (χ2v) is 10.5. The number of benzene rings is 2. The van der Waals surface area contributed by atoms with E-state index in [1.807, 2.05) is 49.6 Å². The molecule has 0 unspecified atom stereocenters. The largest absolute Gasteiger partial charge is 0.497 e. The predicted octanol–water partition coefficient (Wildman–Crippen LogP) is 4.41. The van der Waals surface area contributed by atoms with Gasteiger partial charge in [0.1, 0.15) is 11.6 Å². The van der Waals surface area contributed by atoms with E-state index in [9.17, 15) is 8.42 Å². The van der Waals surface area contributed by atoms with E-state index in [0.717, 1.165) is 32.7 Å². The Morgan fingerprint density at radius 2 is 1.94 bits per heavy atom. The minimum absolute atomic E-state index is 0.164. The maximum atomic E-state index is 13.4. The lowest BCUT2D eigenvalue weighted by atomic mass is 10.1. The third-order valence-corrected chi connectivity index (χ3v) is 8.12. The van der Waals surface area contributed by atoms with Crippen molar-refractivity contribution in [3.05, 3.63) is 70.6 Å². The SMILES string of the molecule is COc1cccc(CNc2nc3c(S(=O)(=O)c4ccc(C)c(C)c4)nnn3c3ccsc23)c1. The summed E-state index contributed by atoms with van der Waals surface area (Å²) in [5.74, 6) is 1.34. The topological polar surface area (TPSA) is 98.5 Å². The van der Waals surface area contributed by atoms with Gasteiger partial charge in [0.15, 0.2) is 5.65 Å². The molecule has 0 aliphatic carbocycles. The van der Waals surface area contributed by atoms with E-state index in [2.05, 4.69) is 20.6 Å². The standard InChI is InChI=1S/C23H21N5O3S2/c1-14-7-8-18(11-15(14)2)33(29,30)23-22-25-21(20-19(9-10-32-20)28(22)27-26-23)24-13-16-5-4-6-17(12-16)31-3/h4-12H,13H2,1-3H3,(H,24,25). The average Bonchev–Trinajstić information content (AvgIpc) is 3.46. The number of thiophene rings is 1. The van der Waals surface area contributed by atoms with Crippen LogP contribution < -0.4 is 10.1 Å². The Labute approximate surface area is 194 Å². The molecule has 10 heteroatoms. The summed E-state index contributed by atoms with van der Waals surface area (Å²) < 4.78 is 34.5. The second-order valence-electron chi connectivity index (χ2n) is 7.68. The van der Waals surface area contributed by atoms with Crippen LogP contribution >= 0.6 is 11.3 Å². The monoisotopic (exact) mass is 479 g/mol. The maximum absolute atomic E-state index is 13.4. The molecule has 5 aromatic rings. The van der Waals surface area contributed by atoms with Crippen LogP contribution in [0.1, 0.15) is 16.7 Å². The first-order chi connectivity index (χ1) is 15.9. The quantitative estimate of drug-likeness (QED) is 0.385. The number of methoxy groups -OCH3 is 1. The average molecular weight is 480 g/mol. The van der Waals surface area contributed by atoms with Gasteiger partial charge in [-0.3, -0.25) is 0 Å². The molecule has 1 N–H and O–H groups in total. The molecule has 0 radical (unpaired) electrons. The number of ether oxygens (including phenoxy) is 1. The minimum Gasteiger partial charge on any atom is -0.497 e. The molecule has 0 bridgehead atoms. The third kappa shape index (κ3) is 3.70. The van der Waals surface area contributed by atoms with E-state index in [1.54, 1.807) is 25.3 Å².